The minimum absolute atomic E-state index is 0.550. The van der Waals surface area contributed by atoms with E-state index in [4.69, 9.17) is 9.40 Å². The molecule has 0 fully saturated rings. The SMILES string of the molecule is Cc1cc(C)n(-c2cc(NCc3ccco3)nc(-c3ccccc3)n2)n1. The van der Waals surface area contributed by atoms with Crippen molar-refractivity contribution in [3.05, 3.63) is 78.0 Å². The van der Waals surface area contributed by atoms with Gasteiger partial charge in [-0.3, -0.25) is 0 Å². The molecule has 0 atom stereocenters. The molecule has 0 amide bonds. The van der Waals surface area contributed by atoms with E-state index in [0.29, 0.717) is 12.4 Å². The zero-order valence-corrected chi connectivity index (χ0v) is 14.7. The Morgan fingerprint density at radius 1 is 1.00 bits per heavy atom. The van der Waals surface area contributed by atoms with Crippen molar-refractivity contribution in [1.29, 1.82) is 0 Å². The van der Waals surface area contributed by atoms with Gasteiger partial charge in [0.25, 0.3) is 0 Å². The molecule has 130 valence electrons. The van der Waals surface area contributed by atoms with Crippen molar-refractivity contribution in [2.45, 2.75) is 20.4 Å². The quantitative estimate of drug-likeness (QED) is 0.588. The first kappa shape index (κ1) is 16.1. The number of furan rings is 1. The minimum atomic E-state index is 0.550. The Balaban J connectivity index is 1.75. The molecule has 0 aliphatic rings. The first-order valence-electron chi connectivity index (χ1n) is 8.43. The Kier molecular flexibility index (Phi) is 4.23. The van der Waals surface area contributed by atoms with E-state index >= 15 is 0 Å². The van der Waals surface area contributed by atoms with Crippen LogP contribution in [-0.2, 0) is 6.54 Å². The summed E-state index contributed by atoms with van der Waals surface area (Å²) >= 11 is 0. The van der Waals surface area contributed by atoms with Gasteiger partial charge in [-0.2, -0.15) is 5.10 Å². The molecule has 0 bridgehead atoms. The Bertz CT molecular complexity index is 1010. The average molecular weight is 345 g/mol. The van der Waals surface area contributed by atoms with Gasteiger partial charge in [0, 0.05) is 17.3 Å². The second kappa shape index (κ2) is 6.84. The summed E-state index contributed by atoms with van der Waals surface area (Å²) in [6, 6.07) is 17.6. The van der Waals surface area contributed by atoms with E-state index in [-0.39, 0.29) is 0 Å². The normalized spacial score (nSPS) is 10.8. The van der Waals surface area contributed by atoms with Crippen LogP contribution in [0.3, 0.4) is 0 Å². The summed E-state index contributed by atoms with van der Waals surface area (Å²) in [6.07, 6.45) is 1.66. The number of aromatic nitrogens is 4. The smallest absolute Gasteiger partial charge is 0.163 e. The van der Waals surface area contributed by atoms with Crippen LogP contribution in [0.15, 0.2) is 65.3 Å². The van der Waals surface area contributed by atoms with Gasteiger partial charge in [0.2, 0.25) is 0 Å². The molecule has 4 aromatic rings. The van der Waals surface area contributed by atoms with E-state index < -0.39 is 0 Å². The van der Waals surface area contributed by atoms with E-state index in [0.717, 1.165) is 34.3 Å². The third-order valence-corrected chi connectivity index (χ3v) is 4.00. The predicted molar refractivity (Wildman–Crippen MR) is 100 cm³/mol. The van der Waals surface area contributed by atoms with Gasteiger partial charge < -0.3 is 9.73 Å². The molecule has 0 saturated carbocycles. The molecule has 1 N–H and O–H groups in total. The molecule has 6 heteroatoms. The molecule has 6 nitrogen and oxygen atoms in total. The van der Waals surface area contributed by atoms with Crippen LogP contribution in [-0.4, -0.2) is 19.7 Å². The average Bonchev–Trinajstić information content (AvgIpc) is 3.29. The van der Waals surface area contributed by atoms with E-state index in [1.54, 1.807) is 6.26 Å². The lowest BCUT2D eigenvalue weighted by molar-refractivity contribution is 0.518. The predicted octanol–water partition coefficient (Wildman–Crippen LogP) is 4.15. The van der Waals surface area contributed by atoms with Gasteiger partial charge >= 0.3 is 0 Å². The third-order valence-electron chi connectivity index (χ3n) is 4.00. The van der Waals surface area contributed by atoms with E-state index in [9.17, 15) is 0 Å². The Hall–Kier alpha value is -3.41. The second-order valence-corrected chi connectivity index (χ2v) is 6.07. The molecule has 26 heavy (non-hydrogen) atoms. The maximum Gasteiger partial charge on any atom is 0.163 e. The fraction of sp³-hybridized carbons (Fsp3) is 0.150. The molecule has 1 aromatic carbocycles. The van der Waals surface area contributed by atoms with Crippen LogP contribution in [0.2, 0.25) is 0 Å². The van der Waals surface area contributed by atoms with Crippen molar-refractivity contribution >= 4 is 5.82 Å². The molecule has 0 saturated heterocycles. The highest BCUT2D eigenvalue weighted by Gasteiger charge is 2.11. The molecular formula is C20H19N5O. The number of rotatable bonds is 5. The molecule has 0 aliphatic carbocycles. The molecule has 0 spiro atoms. The molecule has 0 unspecified atom stereocenters. The van der Waals surface area contributed by atoms with Gasteiger partial charge in [-0.25, -0.2) is 14.6 Å². The zero-order valence-electron chi connectivity index (χ0n) is 14.7. The highest BCUT2D eigenvalue weighted by atomic mass is 16.3. The summed E-state index contributed by atoms with van der Waals surface area (Å²) in [7, 11) is 0. The standard InChI is InChI=1S/C20H19N5O/c1-14-11-15(2)25(24-14)19-12-18(21-13-17-9-6-10-26-17)22-20(23-19)16-7-4-3-5-8-16/h3-12H,13H2,1-2H3,(H,21,22,23). The van der Waals surface area contributed by atoms with Crippen LogP contribution in [0.4, 0.5) is 5.82 Å². The second-order valence-electron chi connectivity index (χ2n) is 6.07. The summed E-state index contributed by atoms with van der Waals surface area (Å²) in [6.45, 7) is 4.54. The van der Waals surface area contributed by atoms with Gasteiger partial charge in [-0.05, 0) is 32.0 Å². The molecule has 0 aliphatic heterocycles. The maximum atomic E-state index is 5.38. The van der Waals surface area contributed by atoms with Crippen molar-refractivity contribution in [3.63, 3.8) is 0 Å². The van der Waals surface area contributed by atoms with Gasteiger partial charge in [0.15, 0.2) is 11.6 Å². The highest BCUT2D eigenvalue weighted by Crippen LogP contribution is 2.21. The Morgan fingerprint density at radius 2 is 1.85 bits per heavy atom. The number of hydrogen-bond donors (Lipinski definition) is 1. The lowest BCUT2D eigenvalue weighted by Gasteiger charge is -2.10. The lowest BCUT2D eigenvalue weighted by atomic mass is 10.2. The van der Waals surface area contributed by atoms with Crippen LogP contribution in [0.1, 0.15) is 17.1 Å². The van der Waals surface area contributed by atoms with Crippen LogP contribution >= 0.6 is 0 Å². The first-order chi connectivity index (χ1) is 12.7. The third kappa shape index (κ3) is 3.35. The molecule has 4 rings (SSSR count). The Morgan fingerprint density at radius 3 is 2.54 bits per heavy atom. The number of nitrogens with zero attached hydrogens (tertiary/aromatic N) is 4. The van der Waals surface area contributed by atoms with Crippen LogP contribution in [0.25, 0.3) is 17.2 Å². The van der Waals surface area contributed by atoms with E-state index in [1.165, 1.54) is 0 Å². The largest absolute Gasteiger partial charge is 0.467 e. The monoisotopic (exact) mass is 345 g/mol. The number of benzene rings is 1. The van der Waals surface area contributed by atoms with Gasteiger partial charge in [0.05, 0.1) is 18.5 Å². The van der Waals surface area contributed by atoms with Gasteiger partial charge in [-0.1, -0.05) is 30.3 Å². The van der Waals surface area contributed by atoms with Crippen LogP contribution < -0.4 is 5.32 Å². The van der Waals surface area contributed by atoms with Crippen LogP contribution in [0, 0.1) is 13.8 Å². The van der Waals surface area contributed by atoms with Crippen molar-refractivity contribution in [1.82, 2.24) is 19.7 Å². The number of nitrogens with one attached hydrogen (secondary N) is 1. The van der Waals surface area contributed by atoms with Crippen molar-refractivity contribution in [2.75, 3.05) is 5.32 Å². The summed E-state index contributed by atoms with van der Waals surface area (Å²) in [5.41, 5.74) is 2.93. The van der Waals surface area contributed by atoms with Gasteiger partial charge in [0.1, 0.15) is 11.6 Å². The molecule has 3 heterocycles. The number of aryl methyl sites for hydroxylation is 2. The van der Waals surface area contributed by atoms with Gasteiger partial charge in [-0.15, -0.1) is 0 Å². The molecular weight excluding hydrogens is 326 g/mol. The zero-order chi connectivity index (χ0) is 17.9. The van der Waals surface area contributed by atoms with Crippen molar-refractivity contribution < 1.29 is 4.42 Å². The molecule has 3 aromatic heterocycles. The number of anilines is 1. The van der Waals surface area contributed by atoms with E-state index in [1.807, 2.05) is 73.1 Å². The summed E-state index contributed by atoms with van der Waals surface area (Å²) in [5.74, 6) is 2.94. The number of hydrogen-bond acceptors (Lipinski definition) is 5. The summed E-state index contributed by atoms with van der Waals surface area (Å²) < 4.78 is 7.22. The van der Waals surface area contributed by atoms with E-state index in [2.05, 4.69) is 15.4 Å². The lowest BCUT2D eigenvalue weighted by Crippen LogP contribution is -2.08. The summed E-state index contributed by atoms with van der Waals surface area (Å²) in [4.78, 5) is 9.38. The Labute approximate surface area is 151 Å². The van der Waals surface area contributed by atoms with Crippen molar-refractivity contribution in [2.24, 2.45) is 0 Å². The summed E-state index contributed by atoms with van der Waals surface area (Å²) in [5, 5.41) is 7.85. The van der Waals surface area contributed by atoms with Crippen molar-refractivity contribution in [3.8, 4) is 17.2 Å². The topological polar surface area (TPSA) is 68.8 Å². The maximum absolute atomic E-state index is 5.38. The first-order valence-corrected chi connectivity index (χ1v) is 8.43. The minimum Gasteiger partial charge on any atom is -0.467 e. The fourth-order valence-electron chi connectivity index (χ4n) is 2.80. The van der Waals surface area contributed by atoms with Crippen LogP contribution in [0.5, 0.6) is 0 Å². The fourth-order valence-corrected chi connectivity index (χ4v) is 2.80. The highest BCUT2D eigenvalue weighted by molar-refractivity contribution is 5.59. The molecule has 0 radical (unpaired) electrons.